The van der Waals surface area contributed by atoms with Crippen LogP contribution in [0, 0.1) is 37.3 Å². The van der Waals surface area contributed by atoms with Gasteiger partial charge >= 0.3 is 5.69 Å². The van der Waals surface area contributed by atoms with Gasteiger partial charge in [-0.25, -0.2) is 0 Å². The van der Waals surface area contributed by atoms with Crippen LogP contribution in [0.15, 0.2) is 12.1 Å². The molecule has 0 heterocycles. The third kappa shape index (κ3) is 9.20. The van der Waals surface area contributed by atoms with Crippen molar-refractivity contribution in [1.29, 1.82) is 0 Å². The van der Waals surface area contributed by atoms with Gasteiger partial charge in [0.15, 0.2) is 5.75 Å². The molecule has 8 N–H and O–H groups in total. The standard InChI is InChI=1S/C7H6N2O5.HNO3.2H3N.Pt/c1-4-2-5(8(11)12)3-6(7(4)10)9(13)14;2-1(3)4;;;/h2-3,10H,1H3;(H,2,3,4);2*1H3;. The number of nitro groups is 2. The van der Waals surface area contributed by atoms with E-state index in [1.807, 2.05) is 0 Å². The summed E-state index contributed by atoms with van der Waals surface area (Å²) in [5.41, 5.74) is -0.963. The van der Waals surface area contributed by atoms with Gasteiger partial charge in [-0.05, 0) is 6.92 Å². The van der Waals surface area contributed by atoms with E-state index in [2.05, 4.69) is 0 Å². The topological polar surface area (TPSA) is 240 Å². The molecule has 13 nitrogen and oxygen atoms in total. The predicted molar refractivity (Wildman–Crippen MR) is 65.0 cm³/mol. The van der Waals surface area contributed by atoms with Crippen molar-refractivity contribution < 1.29 is 46.3 Å². The molecule has 0 amide bonds. The number of aromatic hydroxyl groups is 1. The molecule has 0 fully saturated rings. The molecular weight excluding hydrogens is 477 g/mol. The van der Waals surface area contributed by atoms with Crippen molar-refractivity contribution in [2.45, 2.75) is 6.92 Å². The SMILES string of the molecule is Cc1cc([N+](=O)[O-])cc([N+](=O)[O-])c1O.N.N.O=[N+]([O-])O.[Pt]. The molecule has 0 saturated carbocycles. The Hall–Kier alpha value is -2.37. The predicted octanol–water partition coefficient (Wildman–Crippen LogP) is 1.49. The van der Waals surface area contributed by atoms with Gasteiger partial charge in [-0.1, -0.05) is 0 Å². The summed E-state index contributed by atoms with van der Waals surface area (Å²) in [5.74, 6) is -0.541. The molecule has 0 spiro atoms. The van der Waals surface area contributed by atoms with E-state index < -0.39 is 32.1 Å². The molecule has 124 valence electrons. The summed E-state index contributed by atoms with van der Waals surface area (Å²) >= 11 is 0. The minimum atomic E-state index is -1.50. The van der Waals surface area contributed by atoms with E-state index in [-0.39, 0.29) is 38.9 Å². The second-order valence-electron chi connectivity index (χ2n) is 2.88. The molecule has 1 aromatic rings. The molecular formula is C7H13N5O8Pt. The first kappa shape index (κ1) is 27.1. The third-order valence-corrected chi connectivity index (χ3v) is 1.67. The average Bonchev–Trinajstić information content (AvgIpc) is 2.20. The molecule has 1 aromatic carbocycles. The van der Waals surface area contributed by atoms with E-state index in [9.17, 15) is 25.3 Å². The van der Waals surface area contributed by atoms with Crippen LogP contribution in [0.25, 0.3) is 0 Å². The first-order valence-corrected chi connectivity index (χ1v) is 4.12. The number of phenolic OH excluding ortho intramolecular Hbond substituents is 1. The normalized spacial score (nSPS) is 7.67. The van der Waals surface area contributed by atoms with Crippen molar-refractivity contribution in [3.63, 3.8) is 0 Å². The summed E-state index contributed by atoms with van der Waals surface area (Å²) in [6.45, 7) is 1.36. The summed E-state index contributed by atoms with van der Waals surface area (Å²) in [5, 5.41) is 43.6. The number of aryl methyl sites for hydroxylation is 1. The van der Waals surface area contributed by atoms with Crippen molar-refractivity contribution >= 4 is 11.4 Å². The average molecular weight is 490 g/mol. The van der Waals surface area contributed by atoms with E-state index in [0.717, 1.165) is 12.1 Å². The van der Waals surface area contributed by atoms with Gasteiger partial charge in [0.2, 0.25) is 0 Å². The van der Waals surface area contributed by atoms with Gasteiger partial charge in [0.25, 0.3) is 10.8 Å². The fraction of sp³-hybridized carbons (Fsp3) is 0.143. The number of hydrogen-bond donors (Lipinski definition) is 4. The Morgan fingerprint density at radius 2 is 1.38 bits per heavy atom. The number of phenols is 1. The second kappa shape index (κ2) is 11.5. The zero-order valence-corrected chi connectivity index (χ0v) is 12.8. The second-order valence-corrected chi connectivity index (χ2v) is 2.88. The summed E-state index contributed by atoms with van der Waals surface area (Å²) in [4.78, 5) is 27.5. The van der Waals surface area contributed by atoms with Crippen molar-refractivity contribution in [3.8, 4) is 5.75 Å². The Labute approximate surface area is 131 Å². The van der Waals surface area contributed by atoms with Crippen LogP contribution in [0.4, 0.5) is 11.4 Å². The van der Waals surface area contributed by atoms with E-state index in [4.69, 9.17) is 15.3 Å². The van der Waals surface area contributed by atoms with Crippen LogP contribution in [0.2, 0.25) is 0 Å². The molecule has 0 aliphatic carbocycles. The Morgan fingerprint density at radius 3 is 1.67 bits per heavy atom. The van der Waals surface area contributed by atoms with Gasteiger partial charge in [0.05, 0.1) is 15.9 Å². The van der Waals surface area contributed by atoms with E-state index in [0.29, 0.717) is 0 Å². The maximum Gasteiger partial charge on any atom is 0.317 e. The van der Waals surface area contributed by atoms with Crippen LogP contribution in [0.3, 0.4) is 0 Å². The largest absolute Gasteiger partial charge is 0.502 e. The van der Waals surface area contributed by atoms with Gasteiger partial charge in [0.1, 0.15) is 0 Å². The number of rotatable bonds is 2. The van der Waals surface area contributed by atoms with Crippen molar-refractivity contribution in [3.05, 3.63) is 48.0 Å². The van der Waals surface area contributed by atoms with Crippen LogP contribution in [0.1, 0.15) is 5.56 Å². The van der Waals surface area contributed by atoms with Gasteiger partial charge in [-0.3, -0.25) is 20.2 Å². The maximum absolute atomic E-state index is 10.4. The van der Waals surface area contributed by atoms with E-state index >= 15 is 0 Å². The summed E-state index contributed by atoms with van der Waals surface area (Å²) < 4.78 is 0. The fourth-order valence-electron chi connectivity index (χ4n) is 0.987. The zero-order chi connectivity index (χ0) is 14.5. The van der Waals surface area contributed by atoms with Gasteiger partial charge in [-0.15, -0.1) is 10.1 Å². The Morgan fingerprint density at radius 1 is 1.00 bits per heavy atom. The van der Waals surface area contributed by atoms with Crippen molar-refractivity contribution in [1.82, 2.24) is 12.3 Å². The fourth-order valence-corrected chi connectivity index (χ4v) is 0.987. The molecule has 0 aliphatic heterocycles. The number of non-ortho nitro benzene ring substituents is 1. The van der Waals surface area contributed by atoms with Crippen molar-refractivity contribution in [2.24, 2.45) is 0 Å². The molecule has 1 rings (SSSR count). The molecule has 21 heavy (non-hydrogen) atoms. The summed E-state index contributed by atoms with van der Waals surface area (Å²) in [7, 11) is 0. The third-order valence-electron chi connectivity index (χ3n) is 1.67. The van der Waals surface area contributed by atoms with Gasteiger partial charge in [-0.2, -0.15) is 0 Å². The minimum absolute atomic E-state index is 0. The molecule has 0 atom stereocenters. The van der Waals surface area contributed by atoms with Gasteiger partial charge < -0.3 is 22.6 Å². The minimum Gasteiger partial charge on any atom is -0.502 e. The Balaban J connectivity index is -0.000000185. The first-order chi connectivity index (χ1) is 8.16. The molecule has 14 heteroatoms. The smallest absolute Gasteiger partial charge is 0.317 e. The Kier molecular flexibility index (Phi) is 14.8. The monoisotopic (exact) mass is 490 g/mol. The molecule has 0 aliphatic rings. The van der Waals surface area contributed by atoms with Crippen LogP contribution >= 0.6 is 0 Å². The first-order valence-electron chi connectivity index (χ1n) is 4.12. The number of hydrogen-bond acceptors (Lipinski definition) is 9. The summed E-state index contributed by atoms with van der Waals surface area (Å²) in [6, 6.07) is 1.80. The van der Waals surface area contributed by atoms with E-state index in [1.165, 1.54) is 6.92 Å². The van der Waals surface area contributed by atoms with Crippen molar-refractivity contribution in [2.75, 3.05) is 0 Å². The van der Waals surface area contributed by atoms with Crippen LogP contribution < -0.4 is 12.3 Å². The summed E-state index contributed by atoms with van der Waals surface area (Å²) in [6.07, 6.45) is 0. The maximum atomic E-state index is 10.4. The molecule has 0 aromatic heterocycles. The van der Waals surface area contributed by atoms with Crippen LogP contribution in [-0.2, 0) is 21.1 Å². The Bertz CT molecular complexity index is 506. The van der Waals surface area contributed by atoms with Gasteiger partial charge in [0, 0.05) is 32.7 Å². The quantitative estimate of drug-likeness (QED) is 0.344. The number of benzene rings is 1. The number of nitro benzene ring substituents is 2. The van der Waals surface area contributed by atoms with E-state index in [1.54, 1.807) is 0 Å². The molecule has 0 radical (unpaired) electrons. The molecule has 0 saturated heterocycles. The molecule has 0 unspecified atom stereocenters. The zero-order valence-electron chi connectivity index (χ0n) is 10.6. The van der Waals surface area contributed by atoms with Crippen LogP contribution in [0.5, 0.6) is 5.75 Å². The molecule has 0 bridgehead atoms. The van der Waals surface area contributed by atoms with Crippen LogP contribution in [-0.4, -0.2) is 25.2 Å². The number of nitrogens with zero attached hydrogens (tertiary/aromatic N) is 3.